The Morgan fingerprint density at radius 2 is 1.88 bits per heavy atom. The van der Waals surface area contributed by atoms with Gasteiger partial charge >= 0.3 is 0 Å². The molecule has 1 unspecified atom stereocenters. The lowest BCUT2D eigenvalue weighted by atomic mass is 10.1. The molecular formula is C13H21ClN2. The molecule has 2 nitrogen and oxygen atoms in total. The Hall–Kier alpha value is -0.570. The molecule has 1 atom stereocenters. The first-order valence-electron chi connectivity index (χ1n) is 5.92. The van der Waals surface area contributed by atoms with E-state index in [0.717, 1.165) is 24.5 Å². The third-order valence-electron chi connectivity index (χ3n) is 2.84. The van der Waals surface area contributed by atoms with Crippen LogP contribution in [0.4, 0.5) is 0 Å². The van der Waals surface area contributed by atoms with Crippen LogP contribution in [0.2, 0.25) is 5.02 Å². The Morgan fingerprint density at radius 1 is 1.25 bits per heavy atom. The summed E-state index contributed by atoms with van der Waals surface area (Å²) in [5, 5.41) is 0.776. The fourth-order valence-corrected chi connectivity index (χ4v) is 2.13. The van der Waals surface area contributed by atoms with Gasteiger partial charge in [-0.15, -0.1) is 0 Å². The van der Waals surface area contributed by atoms with Crippen LogP contribution >= 0.6 is 11.6 Å². The van der Waals surface area contributed by atoms with Gasteiger partial charge in [0.25, 0.3) is 0 Å². The van der Waals surface area contributed by atoms with Crippen LogP contribution in [0.3, 0.4) is 0 Å². The highest BCUT2D eigenvalue weighted by molar-refractivity contribution is 6.30. The molecule has 0 aliphatic rings. The standard InChI is InChI=1S/C13H21ClN2/c1-3-9-16(4-2)13(10-15)11-5-7-12(14)8-6-11/h5-8,13H,3-4,9-10,15H2,1-2H3. The molecule has 0 saturated carbocycles. The van der Waals surface area contributed by atoms with E-state index in [9.17, 15) is 0 Å². The summed E-state index contributed by atoms with van der Waals surface area (Å²) in [4.78, 5) is 2.41. The second-order valence-corrected chi connectivity index (χ2v) is 4.37. The number of rotatable bonds is 6. The van der Waals surface area contributed by atoms with Crippen molar-refractivity contribution in [2.24, 2.45) is 5.73 Å². The molecule has 3 heteroatoms. The lowest BCUT2D eigenvalue weighted by Gasteiger charge is -2.29. The van der Waals surface area contributed by atoms with Crippen molar-refractivity contribution in [3.8, 4) is 0 Å². The number of benzene rings is 1. The summed E-state index contributed by atoms with van der Waals surface area (Å²) >= 11 is 5.89. The average Bonchev–Trinajstić information content (AvgIpc) is 2.31. The zero-order valence-electron chi connectivity index (χ0n) is 10.1. The van der Waals surface area contributed by atoms with Crippen molar-refractivity contribution in [1.82, 2.24) is 4.90 Å². The van der Waals surface area contributed by atoms with Gasteiger partial charge in [0.15, 0.2) is 0 Å². The smallest absolute Gasteiger partial charge is 0.0470 e. The number of nitrogens with zero attached hydrogens (tertiary/aromatic N) is 1. The van der Waals surface area contributed by atoms with Gasteiger partial charge in [0, 0.05) is 17.6 Å². The van der Waals surface area contributed by atoms with E-state index in [1.54, 1.807) is 0 Å². The van der Waals surface area contributed by atoms with Crippen LogP contribution in [0.1, 0.15) is 31.9 Å². The van der Waals surface area contributed by atoms with E-state index < -0.39 is 0 Å². The third kappa shape index (κ3) is 3.48. The zero-order valence-corrected chi connectivity index (χ0v) is 10.9. The SMILES string of the molecule is CCCN(CC)C(CN)c1ccc(Cl)cc1. The molecule has 0 fully saturated rings. The summed E-state index contributed by atoms with van der Waals surface area (Å²) in [5.74, 6) is 0. The molecule has 1 aromatic rings. The molecule has 1 rings (SSSR count). The van der Waals surface area contributed by atoms with Gasteiger partial charge in [-0.05, 0) is 37.2 Å². The summed E-state index contributed by atoms with van der Waals surface area (Å²) in [5.41, 5.74) is 7.13. The Morgan fingerprint density at radius 3 is 2.31 bits per heavy atom. The molecule has 0 bridgehead atoms. The van der Waals surface area contributed by atoms with Crippen LogP contribution in [0.5, 0.6) is 0 Å². The zero-order chi connectivity index (χ0) is 12.0. The van der Waals surface area contributed by atoms with E-state index in [-0.39, 0.29) is 0 Å². The molecule has 2 N–H and O–H groups in total. The summed E-state index contributed by atoms with van der Waals surface area (Å²) in [6.07, 6.45) is 1.15. The fourth-order valence-electron chi connectivity index (χ4n) is 2.00. The minimum Gasteiger partial charge on any atom is -0.329 e. The number of halogens is 1. The minimum atomic E-state index is 0.308. The van der Waals surface area contributed by atoms with E-state index in [1.165, 1.54) is 5.56 Å². The molecule has 16 heavy (non-hydrogen) atoms. The predicted molar refractivity (Wildman–Crippen MR) is 70.8 cm³/mol. The second kappa shape index (κ2) is 6.89. The molecule has 0 aliphatic heterocycles. The quantitative estimate of drug-likeness (QED) is 0.828. The summed E-state index contributed by atoms with van der Waals surface area (Å²) in [6.45, 7) is 7.13. The number of likely N-dealkylation sites (N-methyl/N-ethyl adjacent to an activating group) is 1. The van der Waals surface area contributed by atoms with Gasteiger partial charge in [0.1, 0.15) is 0 Å². The first-order valence-corrected chi connectivity index (χ1v) is 6.30. The molecule has 0 spiro atoms. The van der Waals surface area contributed by atoms with Gasteiger partial charge < -0.3 is 5.73 Å². The molecule has 0 amide bonds. The van der Waals surface area contributed by atoms with Crippen molar-refractivity contribution >= 4 is 11.6 Å². The molecule has 0 heterocycles. The monoisotopic (exact) mass is 240 g/mol. The van der Waals surface area contributed by atoms with E-state index in [1.807, 2.05) is 12.1 Å². The van der Waals surface area contributed by atoms with Crippen molar-refractivity contribution in [3.05, 3.63) is 34.9 Å². The van der Waals surface area contributed by atoms with Crippen LogP contribution in [0.15, 0.2) is 24.3 Å². The van der Waals surface area contributed by atoms with Gasteiger partial charge in [-0.2, -0.15) is 0 Å². The molecule has 0 aromatic heterocycles. The molecule has 90 valence electrons. The van der Waals surface area contributed by atoms with Crippen LogP contribution in [0, 0.1) is 0 Å². The second-order valence-electron chi connectivity index (χ2n) is 3.93. The largest absolute Gasteiger partial charge is 0.329 e. The topological polar surface area (TPSA) is 29.3 Å². The lowest BCUT2D eigenvalue weighted by molar-refractivity contribution is 0.213. The molecule has 0 radical (unpaired) electrons. The maximum absolute atomic E-state index is 5.89. The van der Waals surface area contributed by atoms with Gasteiger partial charge in [-0.1, -0.05) is 37.6 Å². The Kier molecular flexibility index (Phi) is 5.81. The van der Waals surface area contributed by atoms with Crippen LogP contribution in [-0.2, 0) is 0 Å². The van der Waals surface area contributed by atoms with Crippen molar-refractivity contribution < 1.29 is 0 Å². The van der Waals surface area contributed by atoms with Crippen LogP contribution in [0.25, 0.3) is 0 Å². The maximum Gasteiger partial charge on any atom is 0.0470 e. The van der Waals surface area contributed by atoms with Crippen LogP contribution < -0.4 is 5.73 Å². The van der Waals surface area contributed by atoms with Crippen molar-refractivity contribution in [2.45, 2.75) is 26.3 Å². The lowest BCUT2D eigenvalue weighted by Crippen LogP contribution is -2.34. The Bertz CT molecular complexity index is 297. The van der Waals surface area contributed by atoms with E-state index in [0.29, 0.717) is 12.6 Å². The predicted octanol–water partition coefficient (Wildman–Crippen LogP) is 3.07. The fraction of sp³-hybridized carbons (Fsp3) is 0.538. The normalized spacial score (nSPS) is 13.1. The highest BCUT2D eigenvalue weighted by Gasteiger charge is 2.16. The number of hydrogen-bond acceptors (Lipinski definition) is 2. The Balaban J connectivity index is 2.83. The first kappa shape index (κ1) is 13.5. The highest BCUT2D eigenvalue weighted by Crippen LogP contribution is 2.21. The van der Waals surface area contributed by atoms with Crippen molar-refractivity contribution in [2.75, 3.05) is 19.6 Å². The summed E-state index contributed by atoms with van der Waals surface area (Å²) in [7, 11) is 0. The highest BCUT2D eigenvalue weighted by atomic mass is 35.5. The minimum absolute atomic E-state index is 0.308. The van der Waals surface area contributed by atoms with Crippen molar-refractivity contribution in [1.29, 1.82) is 0 Å². The molecular weight excluding hydrogens is 220 g/mol. The van der Waals surface area contributed by atoms with Gasteiger partial charge in [-0.25, -0.2) is 0 Å². The van der Waals surface area contributed by atoms with Crippen LogP contribution in [-0.4, -0.2) is 24.5 Å². The first-order chi connectivity index (χ1) is 7.72. The van der Waals surface area contributed by atoms with Gasteiger partial charge in [0.05, 0.1) is 0 Å². The number of hydrogen-bond donors (Lipinski definition) is 1. The number of nitrogens with two attached hydrogens (primary N) is 1. The summed E-state index contributed by atoms with van der Waals surface area (Å²) < 4.78 is 0. The Labute approximate surface area is 103 Å². The molecule has 0 aliphatic carbocycles. The van der Waals surface area contributed by atoms with Gasteiger partial charge in [-0.3, -0.25) is 4.90 Å². The third-order valence-corrected chi connectivity index (χ3v) is 3.09. The summed E-state index contributed by atoms with van der Waals surface area (Å²) in [6, 6.07) is 8.30. The maximum atomic E-state index is 5.89. The van der Waals surface area contributed by atoms with E-state index in [4.69, 9.17) is 17.3 Å². The average molecular weight is 241 g/mol. The van der Waals surface area contributed by atoms with Gasteiger partial charge in [0.2, 0.25) is 0 Å². The van der Waals surface area contributed by atoms with E-state index in [2.05, 4.69) is 30.9 Å². The molecule has 0 saturated heterocycles. The van der Waals surface area contributed by atoms with Crippen molar-refractivity contribution in [3.63, 3.8) is 0 Å². The molecule has 1 aromatic carbocycles. The van der Waals surface area contributed by atoms with E-state index >= 15 is 0 Å².